The first-order valence-corrected chi connectivity index (χ1v) is 7.83. The van der Waals surface area contributed by atoms with Crippen molar-refractivity contribution in [1.29, 1.82) is 0 Å². The van der Waals surface area contributed by atoms with E-state index in [1.807, 2.05) is 11.8 Å². The molecular formula is C15H25N3O2. The van der Waals surface area contributed by atoms with E-state index >= 15 is 0 Å². The second-order valence-corrected chi connectivity index (χ2v) is 6.83. The lowest BCUT2D eigenvalue weighted by molar-refractivity contribution is -0.154. The monoisotopic (exact) mass is 279 g/mol. The average molecular weight is 279 g/mol. The Labute approximate surface area is 120 Å². The Hall–Kier alpha value is -1.10. The van der Waals surface area contributed by atoms with Gasteiger partial charge in [0.2, 0.25) is 11.8 Å². The van der Waals surface area contributed by atoms with Crippen molar-refractivity contribution in [2.45, 2.75) is 50.6 Å². The van der Waals surface area contributed by atoms with Crippen LogP contribution in [0.15, 0.2) is 0 Å². The van der Waals surface area contributed by atoms with Crippen LogP contribution in [0.5, 0.6) is 0 Å². The maximum atomic E-state index is 12.9. The minimum Gasteiger partial charge on any atom is -0.340 e. The molecule has 112 valence electrons. The number of rotatable bonds is 2. The molecule has 3 aliphatic rings. The van der Waals surface area contributed by atoms with Crippen LogP contribution < -0.4 is 5.32 Å². The van der Waals surface area contributed by atoms with Crippen LogP contribution >= 0.6 is 0 Å². The van der Waals surface area contributed by atoms with Crippen molar-refractivity contribution in [2.24, 2.45) is 5.92 Å². The SMILES string of the molecule is CC1C(=O)NC2(CCCC2)C(=O)N1CC1CCN(C)C1. The lowest BCUT2D eigenvalue weighted by Crippen LogP contribution is -2.69. The van der Waals surface area contributed by atoms with Gasteiger partial charge in [-0.2, -0.15) is 0 Å². The van der Waals surface area contributed by atoms with Crippen molar-refractivity contribution in [3.05, 3.63) is 0 Å². The first-order valence-electron chi connectivity index (χ1n) is 7.83. The van der Waals surface area contributed by atoms with E-state index in [0.717, 1.165) is 51.7 Å². The van der Waals surface area contributed by atoms with Crippen LogP contribution in [-0.2, 0) is 9.59 Å². The summed E-state index contributed by atoms with van der Waals surface area (Å²) in [5.74, 6) is 0.699. The highest BCUT2D eigenvalue weighted by molar-refractivity contribution is 5.99. The highest BCUT2D eigenvalue weighted by atomic mass is 16.2. The van der Waals surface area contributed by atoms with Crippen LogP contribution in [0.3, 0.4) is 0 Å². The number of likely N-dealkylation sites (tertiary alicyclic amines) is 1. The standard InChI is InChI=1S/C15H25N3O2/c1-11-13(19)16-15(6-3-4-7-15)14(20)18(11)10-12-5-8-17(2)9-12/h11-12H,3-10H2,1-2H3,(H,16,19). The Morgan fingerprint density at radius 1 is 1.30 bits per heavy atom. The largest absolute Gasteiger partial charge is 0.340 e. The highest BCUT2D eigenvalue weighted by Crippen LogP contribution is 2.35. The number of piperazine rings is 1. The lowest BCUT2D eigenvalue weighted by atomic mass is 9.90. The van der Waals surface area contributed by atoms with Gasteiger partial charge in [0.25, 0.3) is 0 Å². The molecule has 1 spiro atoms. The molecule has 0 aromatic heterocycles. The van der Waals surface area contributed by atoms with Crippen LogP contribution in [0.2, 0.25) is 0 Å². The van der Waals surface area contributed by atoms with E-state index in [4.69, 9.17) is 0 Å². The molecule has 5 heteroatoms. The minimum atomic E-state index is -0.575. The summed E-state index contributed by atoms with van der Waals surface area (Å²) in [6.07, 6.45) is 4.83. The molecule has 5 nitrogen and oxygen atoms in total. The Kier molecular flexibility index (Phi) is 3.48. The second-order valence-electron chi connectivity index (χ2n) is 6.83. The van der Waals surface area contributed by atoms with Crippen molar-refractivity contribution in [3.63, 3.8) is 0 Å². The fraction of sp³-hybridized carbons (Fsp3) is 0.867. The van der Waals surface area contributed by atoms with Crippen molar-refractivity contribution < 1.29 is 9.59 Å². The van der Waals surface area contributed by atoms with Gasteiger partial charge in [-0.15, -0.1) is 0 Å². The summed E-state index contributed by atoms with van der Waals surface area (Å²) in [6, 6.07) is -0.320. The summed E-state index contributed by atoms with van der Waals surface area (Å²) in [7, 11) is 2.12. The third kappa shape index (κ3) is 2.22. The molecule has 0 radical (unpaired) electrons. The van der Waals surface area contributed by atoms with Gasteiger partial charge in [0.15, 0.2) is 0 Å². The average Bonchev–Trinajstić information content (AvgIpc) is 3.03. The Balaban J connectivity index is 1.76. The molecule has 2 unspecified atom stereocenters. The van der Waals surface area contributed by atoms with Gasteiger partial charge in [0, 0.05) is 13.1 Å². The van der Waals surface area contributed by atoms with Crippen molar-refractivity contribution in [3.8, 4) is 0 Å². The van der Waals surface area contributed by atoms with E-state index in [1.54, 1.807) is 0 Å². The molecule has 0 aromatic carbocycles. The molecule has 2 heterocycles. The summed E-state index contributed by atoms with van der Waals surface area (Å²) < 4.78 is 0. The number of nitrogens with zero attached hydrogens (tertiary/aromatic N) is 2. The van der Waals surface area contributed by atoms with Crippen molar-refractivity contribution >= 4 is 11.8 Å². The van der Waals surface area contributed by atoms with Gasteiger partial charge in [0.1, 0.15) is 11.6 Å². The normalized spacial score (nSPS) is 34.0. The summed E-state index contributed by atoms with van der Waals surface area (Å²) >= 11 is 0. The number of amides is 2. The molecule has 0 bridgehead atoms. The fourth-order valence-electron chi connectivity index (χ4n) is 4.00. The third-order valence-electron chi connectivity index (χ3n) is 5.28. The maximum Gasteiger partial charge on any atom is 0.249 e. The first kappa shape index (κ1) is 13.9. The van der Waals surface area contributed by atoms with Crippen LogP contribution in [0.4, 0.5) is 0 Å². The Bertz CT molecular complexity index is 417. The van der Waals surface area contributed by atoms with Gasteiger partial charge in [-0.25, -0.2) is 0 Å². The number of hydrogen-bond acceptors (Lipinski definition) is 3. The fourth-order valence-corrected chi connectivity index (χ4v) is 4.00. The first-order chi connectivity index (χ1) is 9.52. The van der Waals surface area contributed by atoms with Gasteiger partial charge < -0.3 is 15.1 Å². The smallest absolute Gasteiger partial charge is 0.249 e. The zero-order chi connectivity index (χ0) is 14.3. The Morgan fingerprint density at radius 3 is 2.60 bits per heavy atom. The zero-order valence-electron chi connectivity index (χ0n) is 12.5. The molecule has 2 saturated heterocycles. The molecule has 2 aliphatic heterocycles. The quantitative estimate of drug-likeness (QED) is 0.805. The van der Waals surface area contributed by atoms with E-state index in [2.05, 4.69) is 17.3 Å². The lowest BCUT2D eigenvalue weighted by Gasteiger charge is -2.44. The highest BCUT2D eigenvalue weighted by Gasteiger charge is 2.51. The molecule has 1 aliphatic carbocycles. The van der Waals surface area contributed by atoms with Gasteiger partial charge >= 0.3 is 0 Å². The Morgan fingerprint density at radius 2 is 2.00 bits per heavy atom. The maximum absolute atomic E-state index is 12.9. The van der Waals surface area contributed by atoms with Gasteiger partial charge in [0.05, 0.1) is 0 Å². The predicted octanol–water partition coefficient (Wildman–Crippen LogP) is 0.598. The third-order valence-corrected chi connectivity index (χ3v) is 5.28. The summed E-state index contributed by atoms with van der Waals surface area (Å²) in [5, 5.41) is 3.01. The molecular weight excluding hydrogens is 254 g/mol. The number of hydrogen-bond donors (Lipinski definition) is 1. The number of nitrogens with one attached hydrogen (secondary N) is 1. The van der Waals surface area contributed by atoms with Crippen molar-refractivity contribution in [1.82, 2.24) is 15.1 Å². The van der Waals surface area contributed by atoms with E-state index in [0.29, 0.717) is 5.92 Å². The zero-order valence-corrected chi connectivity index (χ0v) is 12.5. The van der Waals surface area contributed by atoms with E-state index in [9.17, 15) is 9.59 Å². The number of carbonyl (C=O) groups excluding carboxylic acids is 2. The van der Waals surface area contributed by atoms with E-state index in [-0.39, 0.29) is 17.9 Å². The van der Waals surface area contributed by atoms with Crippen LogP contribution in [0.25, 0.3) is 0 Å². The molecule has 2 atom stereocenters. The molecule has 0 aromatic rings. The molecule has 1 N–H and O–H groups in total. The van der Waals surface area contributed by atoms with Gasteiger partial charge in [-0.3, -0.25) is 9.59 Å². The van der Waals surface area contributed by atoms with Crippen LogP contribution in [0, 0.1) is 5.92 Å². The second kappa shape index (κ2) is 5.02. The molecule has 2 amide bonds. The summed E-state index contributed by atoms with van der Waals surface area (Å²) in [6.45, 7) is 4.72. The molecule has 3 fully saturated rings. The minimum absolute atomic E-state index is 0.0258. The topological polar surface area (TPSA) is 52.7 Å². The van der Waals surface area contributed by atoms with Crippen molar-refractivity contribution in [2.75, 3.05) is 26.7 Å². The van der Waals surface area contributed by atoms with Gasteiger partial charge in [-0.05, 0) is 45.7 Å². The predicted molar refractivity (Wildman–Crippen MR) is 76.1 cm³/mol. The molecule has 3 rings (SSSR count). The van der Waals surface area contributed by atoms with Gasteiger partial charge in [-0.1, -0.05) is 12.8 Å². The number of carbonyl (C=O) groups is 2. The van der Waals surface area contributed by atoms with Crippen LogP contribution in [-0.4, -0.2) is 59.9 Å². The summed E-state index contributed by atoms with van der Waals surface area (Å²) in [5.41, 5.74) is -0.575. The molecule has 20 heavy (non-hydrogen) atoms. The molecule has 1 saturated carbocycles. The van der Waals surface area contributed by atoms with Crippen LogP contribution in [0.1, 0.15) is 39.0 Å². The summed E-state index contributed by atoms with van der Waals surface area (Å²) in [4.78, 5) is 29.3. The van der Waals surface area contributed by atoms with E-state index < -0.39 is 5.54 Å². The van der Waals surface area contributed by atoms with E-state index in [1.165, 1.54) is 0 Å².